The minimum atomic E-state index is 0.171. The first kappa shape index (κ1) is 14.7. The Bertz CT molecular complexity index is 442. The van der Waals surface area contributed by atoms with Crippen LogP contribution in [-0.2, 0) is 4.79 Å². The molecule has 0 spiro atoms. The predicted octanol–water partition coefficient (Wildman–Crippen LogP) is 1.20. The van der Waals surface area contributed by atoms with Crippen molar-refractivity contribution in [3.63, 3.8) is 0 Å². The molecule has 5 heteroatoms. The lowest BCUT2D eigenvalue weighted by Gasteiger charge is -2.34. The Balaban J connectivity index is 1.70. The van der Waals surface area contributed by atoms with Gasteiger partial charge in [-0.3, -0.25) is 4.79 Å². The van der Waals surface area contributed by atoms with Gasteiger partial charge in [0, 0.05) is 37.9 Å². The highest BCUT2D eigenvalue weighted by Crippen LogP contribution is 2.14. The van der Waals surface area contributed by atoms with Gasteiger partial charge in [-0.25, -0.2) is 0 Å². The molecule has 0 saturated carbocycles. The number of carbonyl (C=O) groups excluding carboxylic acids is 1. The molecule has 1 aromatic carbocycles. The summed E-state index contributed by atoms with van der Waals surface area (Å²) in [4.78, 5) is 16.3. The van der Waals surface area contributed by atoms with Gasteiger partial charge >= 0.3 is 0 Å². The fourth-order valence-electron chi connectivity index (χ4n) is 2.33. The second-order valence-electron chi connectivity index (χ2n) is 4.99. The van der Waals surface area contributed by atoms with Crippen LogP contribution in [0.1, 0.15) is 13.3 Å². The second kappa shape index (κ2) is 7.14. The number of anilines is 1. The summed E-state index contributed by atoms with van der Waals surface area (Å²) in [5.41, 5.74) is 6.34. The zero-order valence-corrected chi connectivity index (χ0v) is 12.0. The number of nitrogens with zero attached hydrogens (tertiary/aromatic N) is 2. The summed E-state index contributed by atoms with van der Waals surface area (Å²) in [7, 11) is 0. The molecule has 0 bridgehead atoms. The maximum atomic E-state index is 12.1. The van der Waals surface area contributed by atoms with Gasteiger partial charge in [-0.2, -0.15) is 0 Å². The molecule has 5 nitrogen and oxygen atoms in total. The summed E-state index contributed by atoms with van der Waals surface area (Å²) in [6, 6.07) is 7.27. The quantitative estimate of drug-likeness (QED) is 0.822. The van der Waals surface area contributed by atoms with Crippen molar-refractivity contribution in [1.29, 1.82) is 0 Å². The van der Waals surface area contributed by atoms with Crippen LogP contribution in [0, 0.1) is 0 Å². The standard InChI is InChI=1S/C15H23N3O2/c1-2-17-7-9-18(10-8-17)15(19)6-11-20-14-5-3-4-13(16)12-14/h3-5,12H,2,6-11,16H2,1H3. The van der Waals surface area contributed by atoms with E-state index in [0.29, 0.717) is 24.5 Å². The first-order chi connectivity index (χ1) is 9.69. The lowest BCUT2D eigenvalue weighted by molar-refractivity contribution is -0.133. The van der Waals surface area contributed by atoms with Crippen LogP contribution in [0.15, 0.2) is 24.3 Å². The highest BCUT2D eigenvalue weighted by atomic mass is 16.5. The molecule has 1 fully saturated rings. The van der Waals surface area contributed by atoms with Gasteiger partial charge in [0.25, 0.3) is 0 Å². The van der Waals surface area contributed by atoms with Gasteiger partial charge in [-0.05, 0) is 18.7 Å². The topological polar surface area (TPSA) is 58.8 Å². The van der Waals surface area contributed by atoms with Gasteiger partial charge in [0.2, 0.25) is 5.91 Å². The number of benzene rings is 1. The van der Waals surface area contributed by atoms with Gasteiger partial charge in [0.15, 0.2) is 0 Å². The number of likely N-dealkylation sites (N-methyl/N-ethyl adjacent to an activating group) is 1. The molecule has 110 valence electrons. The van der Waals surface area contributed by atoms with E-state index in [0.717, 1.165) is 32.7 Å². The van der Waals surface area contributed by atoms with Crippen LogP contribution in [0.2, 0.25) is 0 Å². The largest absolute Gasteiger partial charge is 0.493 e. The number of hydrogen-bond acceptors (Lipinski definition) is 4. The monoisotopic (exact) mass is 277 g/mol. The van der Waals surface area contributed by atoms with E-state index in [1.807, 2.05) is 23.1 Å². The number of hydrogen-bond donors (Lipinski definition) is 1. The average Bonchev–Trinajstić information content (AvgIpc) is 2.47. The van der Waals surface area contributed by atoms with Crippen LogP contribution in [-0.4, -0.2) is 55.0 Å². The van der Waals surface area contributed by atoms with E-state index < -0.39 is 0 Å². The Hall–Kier alpha value is -1.75. The fraction of sp³-hybridized carbons (Fsp3) is 0.533. The molecule has 20 heavy (non-hydrogen) atoms. The van der Waals surface area contributed by atoms with Crippen LogP contribution in [0.25, 0.3) is 0 Å². The van der Waals surface area contributed by atoms with Crippen molar-refractivity contribution >= 4 is 11.6 Å². The summed E-state index contributed by atoms with van der Waals surface area (Å²) < 4.78 is 5.55. The highest BCUT2D eigenvalue weighted by molar-refractivity contribution is 5.76. The van der Waals surface area contributed by atoms with Gasteiger partial charge < -0.3 is 20.3 Å². The van der Waals surface area contributed by atoms with Gasteiger partial charge in [-0.15, -0.1) is 0 Å². The third-order valence-corrected chi connectivity index (χ3v) is 3.61. The van der Waals surface area contributed by atoms with Gasteiger partial charge in [0.05, 0.1) is 13.0 Å². The van der Waals surface area contributed by atoms with Gasteiger partial charge in [0.1, 0.15) is 5.75 Å². The number of carbonyl (C=O) groups is 1. The molecule has 1 aliphatic heterocycles. The SMILES string of the molecule is CCN1CCN(C(=O)CCOc2cccc(N)c2)CC1. The zero-order chi connectivity index (χ0) is 14.4. The smallest absolute Gasteiger partial charge is 0.226 e. The molecule has 1 heterocycles. The molecule has 1 amide bonds. The van der Waals surface area contributed by atoms with E-state index in [-0.39, 0.29) is 5.91 Å². The maximum absolute atomic E-state index is 12.1. The number of rotatable bonds is 5. The number of nitrogen functional groups attached to an aromatic ring is 1. The van der Waals surface area contributed by atoms with Crippen molar-refractivity contribution in [2.75, 3.05) is 45.1 Å². The molecular weight excluding hydrogens is 254 g/mol. The number of amides is 1. The Morgan fingerprint density at radius 3 is 2.70 bits per heavy atom. The Morgan fingerprint density at radius 2 is 2.05 bits per heavy atom. The molecule has 1 aromatic rings. The Morgan fingerprint density at radius 1 is 1.30 bits per heavy atom. The van der Waals surface area contributed by atoms with E-state index in [1.54, 1.807) is 6.07 Å². The first-order valence-corrected chi connectivity index (χ1v) is 7.17. The molecule has 0 unspecified atom stereocenters. The average molecular weight is 277 g/mol. The zero-order valence-electron chi connectivity index (χ0n) is 12.0. The van der Waals surface area contributed by atoms with Gasteiger partial charge in [-0.1, -0.05) is 13.0 Å². The molecule has 1 aliphatic rings. The van der Waals surface area contributed by atoms with Crippen LogP contribution in [0.4, 0.5) is 5.69 Å². The van der Waals surface area contributed by atoms with Crippen molar-refractivity contribution in [1.82, 2.24) is 9.80 Å². The highest BCUT2D eigenvalue weighted by Gasteiger charge is 2.19. The van der Waals surface area contributed by atoms with Crippen molar-refractivity contribution < 1.29 is 9.53 Å². The Labute approximate surface area is 120 Å². The lowest BCUT2D eigenvalue weighted by atomic mass is 10.3. The molecule has 0 atom stereocenters. The third-order valence-electron chi connectivity index (χ3n) is 3.61. The van der Waals surface area contributed by atoms with E-state index in [4.69, 9.17) is 10.5 Å². The van der Waals surface area contributed by atoms with E-state index in [9.17, 15) is 4.79 Å². The molecular formula is C15H23N3O2. The van der Waals surface area contributed by atoms with Crippen molar-refractivity contribution in [2.45, 2.75) is 13.3 Å². The van der Waals surface area contributed by atoms with Crippen LogP contribution >= 0.6 is 0 Å². The number of piperazine rings is 1. The molecule has 0 aromatic heterocycles. The number of ether oxygens (including phenoxy) is 1. The number of nitrogens with two attached hydrogens (primary N) is 1. The molecule has 0 radical (unpaired) electrons. The van der Waals surface area contributed by atoms with E-state index >= 15 is 0 Å². The maximum Gasteiger partial charge on any atom is 0.226 e. The predicted molar refractivity (Wildman–Crippen MR) is 79.7 cm³/mol. The van der Waals surface area contributed by atoms with Crippen molar-refractivity contribution in [2.24, 2.45) is 0 Å². The van der Waals surface area contributed by atoms with Crippen molar-refractivity contribution in [3.05, 3.63) is 24.3 Å². The van der Waals surface area contributed by atoms with E-state index in [1.165, 1.54) is 0 Å². The summed E-state index contributed by atoms with van der Waals surface area (Å²) in [6.45, 7) is 7.19. The normalized spacial score (nSPS) is 16.1. The third kappa shape index (κ3) is 4.13. The summed E-state index contributed by atoms with van der Waals surface area (Å²) in [6.07, 6.45) is 0.418. The summed E-state index contributed by atoms with van der Waals surface area (Å²) >= 11 is 0. The Kier molecular flexibility index (Phi) is 5.24. The molecule has 1 saturated heterocycles. The fourth-order valence-corrected chi connectivity index (χ4v) is 2.33. The second-order valence-corrected chi connectivity index (χ2v) is 4.99. The lowest BCUT2D eigenvalue weighted by Crippen LogP contribution is -2.48. The van der Waals surface area contributed by atoms with E-state index in [2.05, 4.69) is 11.8 Å². The van der Waals surface area contributed by atoms with Crippen LogP contribution in [0.3, 0.4) is 0 Å². The summed E-state index contributed by atoms with van der Waals surface area (Å²) in [5, 5.41) is 0. The molecule has 0 aliphatic carbocycles. The minimum absolute atomic E-state index is 0.171. The first-order valence-electron chi connectivity index (χ1n) is 7.17. The van der Waals surface area contributed by atoms with Crippen LogP contribution < -0.4 is 10.5 Å². The van der Waals surface area contributed by atoms with Crippen molar-refractivity contribution in [3.8, 4) is 5.75 Å². The molecule has 2 rings (SSSR count). The minimum Gasteiger partial charge on any atom is -0.493 e. The molecule has 2 N–H and O–H groups in total. The summed E-state index contributed by atoms with van der Waals surface area (Å²) in [5.74, 6) is 0.887. The van der Waals surface area contributed by atoms with Crippen LogP contribution in [0.5, 0.6) is 5.75 Å².